The van der Waals surface area contributed by atoms with Crippen LogP contribution in [0.5, 0.6) is 5.75 Å². The van der Waals surface area contributed by atoms with Crippen LogP contribution in [0, 0.1) is 0 Å². The zero-order chi connectivity index (χ0) is 13.9. The van der Waals surface area contributed by atoms with Gasteiger partial charge in [-0.2, -0.15) is 0 Å². The first-order valence-electron chi connectivity index (χ1n) is 7.52. The lowest BCUT2D eigenvalue weighted by atomic mass is 10.1. The summed E-state index contributed by atoms with van der Waals surface area (Å²) in [5.74, 6) is 0.747. The van der Waals surface area contributed by atoms with Crippen LogP contribution in [0.2, 0.25) is 0 Å². The molecule has 0 aliphatic heterocycles. The Labute approximate surface area is 117 Å². The van der Waals surface area contributed by atoms with Gasteiger partial charge in [0.25, 0.3) is 0 Å². The van der Waals surface area contributed by atoms with Gasteiger partial charge in [0.05, 0.1) is 12.3 Å². The first-order chi connectivity index (χ1) is 9.24. The van der Waals surface area contributed by atoms with Crippen molar-refractivity contribution in [2.24, 2.45) is 0 Å². The summed E-state index contributed by atoms with van der Waals surface area (Å²) in [7, 11) is 0. The third-order valence-corrected chi connectivity index (χ3v) is 3.29. The first kappa shape index (κ1) is 15.7. The molecule has 1 rings (SSSR count). The van der Waals surface area contributed by atoms with Crippen LogP contribution in [0.15, 0.2) is 18.2 Å². The number of anilines is 2. The predicted octanol–water partition coefficient (Wildman–Crippen LogP) is 4.37. The zero-order valence-corrected chi connectivity index (χ0v) is 12.2. The molecule has 19 heavy (non-hydrogen) atoms. The lowest BCUT2D eigenvalue weighted by Crippen LogP contribution is -2.01. The van der Waals surface area contributed by atoms with Crippen LogP contribution >= 0.6 is 0 Å². The minimum atomic E-state index is 0.625. The van der Waals surface area contributed by atoms with Crippen molar-refractivity contribution in [2.75, 3.05) is 18.1 Å². The summed E-state index contributed by atoms with van der Waals surface area (Å²) >= 11 is 0. The molecule has 0 fully saturated rings. The van der Waals surface area contributed by atoms with Gasteiger partial charge in [-0.1, -0.05) is 51.9 Å². The molecule has 0 saturated heterocycles. The Morgan fingerprint density at radius 3 is 2.16 bits per heavy atom. The van der Waals surface area contributed by atoms with Crippen molar-refractivity contribution < 1.29 is 4.74 Å². The Hall–Kier alpha value is -1.38. The van der Waals surface area contributed by atoms with E-state index in [0.717, 1.165) is 18.8 Å². The summed E-state index contributed by atoms with van der Waals surface area (Å²) < 4.78 is 5.66. The Morgan fingerprint density at radius 1 is 0.895 bits per heavy atom. The average molecular weight is 264 g/mol. The number of rotatable bonds is 10. The molecule has 1 aromatic carbocycles. The van der Waals surface area contributed by atoms with E-state index in [1.54, 1.807) is 6.07 Å². The maximum Gasteiger partial charge on any atom is 0.142 e. The van der Waals surface area contributed by atoms with Crippen LogP contribution < -0.4 is 16.2 Å². The van der Waals surface area contributed by atoms with Gasteiger partial charge in [-0.25, -0.2) is 0 Å². The molecule has 0 aromatic heterocycles. The second-order valence-corrected chi connectivity index (χ2v) is 5.12. The third-order valence-electron chi connectivity index (χ3n) is 3.29. The Morgan fingerprint density at radius 2 is 1.53 bits per heavy atom. The largest absolute Gasteiger partial charge is 0.491 e. The van der Waals surface area contributed by atoms with Gasteiger partial charge in [-0.15, -0.1) is 0 Å². The van der Waals surface area contributed by atoms with E-state index in [1.165, 1.54) is 44.9 Å². The van der Waals surface area contributed by atoms with Crippen molar-refractivity contribution in [1.29, 1.82) is 0 Å². The predicted molar refractivity (Wildman–Crippen MR) is 83.4 cm³/mol. The lowest BCUT2D eigenvalue weighted by molar-refractivity contribution is 0.306. The van der Waals surface area contributed by atoms with E-state index in [2.05, 4.69) is 6.92 Å². The molecule has 108 valence electrons. The van der Waals surface area contributed by atoms with Crippen molar-refractivity contribution in [1.82, 2.24) is 0 Å². The number of ether oxygens (including phenoxy) is 1. The van der Waals surface area contributed by atoms with Gasteiger partial charge >= 0.3 is 0 Å². The summed E-state index contributed by atoms with van der Waals surface area (Å²) in [5.41, 5.74) is 12.8. The molecule has 0 aliphatic rings. The number of hydrogen-bond acceptors (Lipinski definition) is 3. The molecule has 0 bridgehead atoms. The quantitative estimate of drug-likeness (QED) is 0.487. The molecule has 3 heteroatoms. The Kier molecular flexibility index (Phi) is 7.87. The zero-order valence-electron chi connectivity index (χ0n) is 12.2. The maximum atomic E-state index is 5.83. The van der Waals surface area contributed by atoms with Gasteiger partial charge in [0.2, 0.25) is 0 Å². The summed E-state index contributed by atoms with van der Waals surface area (Å²) in [5, 5.41) is 0. The molecule has 0 saturated carbocycles. The number of nitrogens with two attached hydrogens (primary N) is 2. The molecule has 0 heterocycles. The molecule has 0 atom stereocenters. The van der Waals surface area contributed by atoms with Gasteiger partial charge in [0, 0.05) is 5.69 Å². The van der Waals surface area contributed by atoms with Crippen molar-refractivity contribution in [2.45, 2.75) is 58.3 Å². The smallest absolute Gasteiger partial charge is 0.142 e. The van der Waals surface area contributed by atoms with Crippen molar-refractivity contribution in [3.8, 4) is 5.75 Å². The second-order valence-electron chi connectivity index (χ2n) is 5.12. The Balaban J connectivity index is 2.01. The molecule has 0 spiro atoms. The van der Waals surface area contributed by atoms with Crippen LogP contribution in [0.4, 0.5) is 11.4 Å². The van der Waals surface area contributed by atoms with E-state index >= 15 is 0 Å². The molecule has 0 amide bonds. The summed E-state index contributed by atoms with van der Waals surface area (Å²) in [4.78, 5) is 0. The average Bonchev–Trinajstić information content (AvgIpc) is 2.39. The highest BCUT2D eigenvalue weighted by molar-refractivity contribution is 5.60. The highest BCUT2D eigenvalue weighted by atomic mass is 16.5. The van der Waals surface area contributed by atoms with Crippen LogP contribution in [-0.4, -0.2) is 6.61 Å². The monoisotopic (exact) mass is 264 g/mol. The molecule has 0 radical (unpaired) electrons. The maximum absolute atomic E-state index is 5.83. The van der Waals surface area contributed by atoms with Crippen molar-refractivity contribution in [3.05, 3.63) is 18.2 Å². The summed E-state index contributed by atoms with van der Waals surface area (Å²) in [6.45, 7) is 2.99. The second kappa shape index (κ2) is 9.54. The van der Waals surface area contributed by atoms with E-state index in [1.807, 2.05) is 12.1 Å². The molecular weight excluding hydrogens is 236 g/mol. The SMILES string of the molecule is CCCCCCCCCCOc1ccc(N)cc1N. The number of hydrogen-bond donors (Lipinski definition) is 2. The topological polar surface area (TPSA) is 61.3 Å². The fourth-order valence-electron chi connectivity index (χ4n) is 2.12. The lowest BCUT2D eigenvalue weighted by Gasteiger charge is -2.09. The van der Waals surface area contributed by atoms with E-state index in [0.29, 0.717) is 11.4 Å². The minimum Gasteiger partial charge on any atom is -0.491 e. The molecule has 3 nitrogen and oxygen atoms in total. The Bertz CT molecular complexity index is 353. The third kappa shape index (κ3) is 6.94. The highest BCUT2D eigenvalue weighted by Crippen LogP contribution is 2.23. The van der Waals surface area contributed by atoms with Crippen molar-refractivity contribution >= 4 is 11.4 Å². The number of benzene rings is 1. The number of unbranched alkanes of at least 4 members (excludes halogenated alkanes) is 7. The number of nitrogen functional groups attached to an aromatic ring is 2. The first-order valence-corrected chi connectivity index (χ1v) is 7.52. The molecule has 4 N–H and O–H groups in total. The standard InChI is InChI=1S/C16H28N2O/c1-2-3-4-5-6-7-8-9-12-19-16-11-10-14(17)13-15(16)18/h10-11,13H,2-9,12,17-18H2,1H3. The van der Waals surface area contributed by atoms with Crippen LogP contribution in [-0.2, 0) is 0 Å². The van der Waals surface area contributed by atoms with Gasteiger partial charge in [0.1, 0.15) is 5.75 Å². The van der Waals surface area contributed by atoms with Gasteiger partial charge < -0.3 is 16.2 Å². The van der Waals surface area contributed by atoms with Crippen LogP contribution in [0.25, 0.3) is 0 Å². The van der Waals surface area contributed by atoms with Gasteiger partial charge in [-0.05, 0) is 24.6 Å². The van der Waals surface area contributed by atoms with Crippen LogP contribution in [0.3, 0.4) is 0 Å². The van der Waals surface area contributed by atoms with Crippen LogP contribution in [0.1, 0.15) is 58.3 Å². The molecule has 0 unspecified atom stereocenters. The fraction of sp³-hybridized carbons (Fsp3) is 0.625. The van der Waals surface area contributed by atoms with Gasteiger partial charge in [0.15, 0.2) is 0 Å². The summed E-state index contributed by atoms with van der Waals surface area (Å²) in [6, 6.07) is 5.40. The minimum absolute atomic E-state index is 0.625. The van der Waals surface area contributed by atoms with Gasteiger partial charge in [-0.3, -0.25) is 0 Å². The molecule has 1 aromatic rings. The normalized spacial score (nSPS) is 10.6. The summed E-state index contributed by atoms with van der Waals surface area (Å²) in [6.07, 6.45) is 10.4. The molecule has 0 aliphatic carbocycles. The van der Waals surface area contributed by atoms with E-state index < -0.39 is 0 Å². The fourth-order valence-corrected chi connectivity index (χ4v) is 2.12. The highest BCUT2D eigenvalue weighted by Gasteiger charge is 2.00. The van der Waals surface area contributed by atoms with E-state index in [9.17, 15) is 0 Å². The van der Waals surface area contributed by atoms with Crippen molar-refractivity contribution in [3.63, 3.8) is 0 Å². The van der Waals surface area contributed by atoms with E-state index in [-0.39, 0.29) is 0 Å². The van der Waals surface area contributed by atoms with E-state index in [4.69, 9.17) is 16.2 Å². The molecular formula is C16H28N2O.